The minimum atomic E-state index is -0.154. The third-order valence-electron chi connectivity index (χ3n) is 2.47. The minimum absolute atomic E-state index is 0.154. The van der Waals surface area contributed by atoms with Gasteiger partial charge in [0, 0.05) is 23.6 Å². The minimum Gasteiger partial charge on any atom is -0.306 e. The first-order valence-electron chi connectivity index (χ1n) is 4.85. The number of nitrogens with one attached hydrogen (secondary N) is 1. The fourth-order valence-electron chi connectivity index (χ4n) is 1.56. The Kier molecular flexibility index (Phi) is 3.08. The van der Waals surface area contributed by atoms with Crippen LogP contribution in [0.3, 0.4) is 0 Å². The normalized spacial score (nSPS) is 19.0. The van der Waals surface area contributed by atoms with Gasteiger partial charge in [0.25, 0.3) is 0 Å². The first-order valence-corrected chi connectivity index (χ1v) is 6.00. The Morgan fingerprint density at radius 2 is 2.29 bits per heavy atom. The molecule has 3 heteroatoms. The van der Waals surface area contributed by atoms with Crippen molar-refractivity contribution < 1.29 is 4.39 Å². The van der Waals surface area contributed by atoms with Crippen molar-refractivity contribution in [2.24, 2.45) is 0 Å². The number of benzene rings is 1. The van der Waals surface area contributed by atoms with Crippen LogP contribution in [0.15, 0.2) is 24.3 Å². The van der Waals surface area contributed by atoms with Crippen LogP contribution in [0.4, 0.5) is 4.39 Å². The lowest BCUT2D eigenvalue weighted by Gasteiger charge is -2.29. The summed E-state index contributed by atoms with van der Waals surface area (Å²) in [7, 11) is 0. The van der Waals surface area contributed by atoms with Gasteiger partial charge < -0.3 is 5.32 Å². The highest BCUT2D eigenvalue weighted by Crippen LogP contribution is 2.21. The van der Waals surface area contributed by atoms with Crippen LogP contribution in [0.5, 0.6) is 0 Å². The van der Waals surface area contributed by atoms with E-state index in [0.717, 1.165) is 5.56 Å². The van der Waals surface area contributed by atoms with Gasteiger partial charge in [0.05, 0.1) is 0 Å². The number of hydrogen-bond acceptors (Lipinski definition) is 2. The molecule has 1 nitrogen and oxygen atoms in total. The largest absolute Gasteiger partial charge is 0.306 e. The van der Waals surface area contributed by atoms with E-state index in [1.54, 1.807) is 12.1 Å². The quantitative estimate of drug-likeness (QED) is 0.824. The Morgan fingerprint density at radius 1 is 1.50 bits per heavy atom. The average molecular weight is 211 g/mol. The topological polar surface area (TPSA) is 12.0 Å². The van der Waals surface area contributed by atoms with Crippen molar-refractivity contribution in [3.63, 3.8) is 0 Å². The predicted molar refractivity (Wildman–Crippen MR) is 59.1 cm³/mol. The molecule has 14 heavy (non-hydrogen) atoms. The number of rotatable bonds is 3. The van der Waals surface area contributed by atoms with Gasteiger partial charge in [-0.1, -0.05) is 12.1 Å². The highest BCUT2D eigenvalue weighted by molar-refractivity contribution is 8.00. The highest BCUT2D eigenvalue weighted by Gasteiger charge is 2.20. The van der Waals surface area contributed by atoms with E-state index < -0.39 is 0 Å². The first-order chi connectivity index (χ1) is 6.75. The van der Waals surface area contributed by atoms with Crippen molar-refractivity contribution in [1.29, 1.82) is 0 Å². The summed E-state index contributed by atoms with van der Waals surface area (Å²) in [5.74, 6) is 2.21. The van der Waals surface area contributed by atoms with Gasteiger partial charge in [-0.25, -0.2) is 4.39 Å². The van der Waals surface area contributed by atoms with E-state index >= 15 is 0 Å². The summed E-state index contributed by atoms with van der Waals surface area (Å²) in [6.07, 6.45) is 0. The molecule has 1 aliphatic rings. The molecule has 1 aromatic carbocycles. The average Bonchev–Trinajstić information content (AvgIpc) is 2.11. The molecule has 1 fully saturated rings. The molecular formula is C11H14FNS. The summed E-state index contributed by atoms with van der Waals surface area (Å²) >= 11 is 1.95. The monoisotopic (exact) mass is 211 g/mol. The van der Waals surface area contributed by atoms with Crippen LogP contribution in [0, 0.1) is 5.82 Å². The van der Waals surface area contributed by atoms with E-state index in [4.69, 9.17) is 0 Å². The van der Waals surface area contributed by atoms with Crippen molar-refractivity contribution in [2.75, 3.05) is 11.5 Å². The summed E-state index contributed by atoms with van der Waals surface area (Å²) < 4.78 is 12.9. The van der Waals surface area contributed by atoms with Gasteiger partial charge >= 0.3 is 0 Å². The van der Waals surface area contributed by atoms with Crippen LogP contribution in [0.25, 0.3) is 0 Å². The summed E-state index contributed by atoms with van der Waals surface area (Å²) in [4.78, 5) is 0. The van der Waals surface area contributed by atoms with Crippen LogP contribution in [0.2, 0.25) is 0 Å². The van der Waals surface area contributed by atoms with E-state index in [9.17, 15) is 4.39 Å². The molecule has 0 spiro atoms. The van der Waals surface area contributed by atoms with Crippen LogP contribution in [-0.2, 0) is 0 Å². The van der Waals surface area contributed by atoms with Crippen molar-refractivity contribution in [2.45, 2.75) is 19.0 Å². The molecule has 0 saturated carbocycles. The molecular weight excluding hydrogens is 197 g/mol. The lowest BCUT2D eigenvalue weighted by molar-refractivity contribution is 0.499. The standard InChI is InChI=1S/C11H14FNS/c1-8(13-11-6-14-7-11)9-3-2-4-10(12)5-9/h2-5,8,11,13H,6-7H2,1H3. The maximum Gasteiger partial charge on any atom is 0.123 e. The maximum atomic E-state index is 12.9. The van der Waals surface area contributed by atoms with Crippen LogP contribution < -0.4 is 5.32 Å². The Morgan fingerprint density at radius 3 is 2.86 bits per heavy atom. The van der Waals surface area contributed by atoms with Gasteiger partial charge in [-0.2, -0.15) is 11.8 Å². The molecule has 1 aliphatic heterocycles. The summed E-state index contributed by atoms with van der Waals surface area (Å²) in [5.41, 5.74) is 1.03. The smallest absolute Gasteiger partial charge is 0.123 e. The predicted octanol–water partition coefficient (Wildman–Crippen LogP) is 2.59. The van der Waals surface area contributed by atoms with Crippen LogP contribution in [-0.4, -0.2) is 17.5 Å². The van der Waals surface area contributed by atoms with Gasteiger partial charge in [-0.05, 0) is 24.6 Å². The van der Waals surface area contributed by atoms with Gasteiger partial charge in [0.2, 0.25) is 0 Å². The number of thioether (sulfide) groups is 1. The molecule has 0 aliphatic carbocycles. The Bertz CT molecular complexity index is 312. The van der Waals surface area contributed by atoms with E-state index in [1.165, 1.54) is 17.6 Å². The first kappa shape index (κ1) is 9.99. The molecule has 1 heterocycles. The Hall–Kier alpha value is -0.540. The van der Waals surface area contributed by atoms with E-state index in [-0.39, 0.29) is 11.9 Å². The molecule has 0 amide bonds. The molecule has 0 aromatic heterocycles. The highest BCUT2D eigenvalue weighted by atomic mass is 32.2. The second-order valence-electron chi connectivity index (χ2n) is 3.68. The molecule has 1 N–H and O–H groups in total. The summed E-state index contributed by atoms with van der Waals surface area (Å²) in [6.45, 7) is 2.08. The molecule has 2 rings (SSSR count). The lowest BCUT2D eigenvalue weighted by Crippen LogP contribution is -2.41. The number of halogens is 1. The fourth-order valence-corrected chi connectivity index (χ4v) is 2.22. The van der Waals surface area contributed by atoms with Crippen LogP contribution >= 0.6 is 11.8 Å². The molecule has 0 bridgehead atoms. The number of hydrogen-bond donors (Lipinski definition) is 1. The Balaban J connectivity index is 1.98. The second kappa shape index (κ2) is 4.32. The molecule has 1 atom stereocenters. The van der Waals surface area contributed by atoms with Crippen molar-refractivity contribution >= 4 is 11.8 Å². The zero-order valence-electron chi connectivity index (χ0n) is 8.16. The van der Waals surface area contributed by atoms with E-state index in [0.29, 0.717) is 6.04 Å². The molecule has 0 radical (unpaired) electrons. The van der Waals surface area contributed by atoms with Crippen molar-refractivity contribution in [3.05, 3.63) is 35.6 Å². The molecule has 1 unspecified atom stereocenters. The fraction of sp³-hybridized carbons (Fsp3) is 0.455. The molecule has 76 valence electrons. The van der Waals surface area contributed by atoms with Gasteiger partial charge in [0.1, 0.15) is 5.82 Å². The van der Waals surface area contributed by atoms with Gasteiger partial charge in [-0.3, -0.25) is 0 Å². The lowest BCUT2D eigenvalue weighted by atomic mass is 10.1. The molecule has 1 saturated heterocycles. The maximum absolute atomic E-state index is 12.9. The third-order valence-corrected chi connectivity index (χ3v) is 3.75. The zero-order chi connectivity index (χ0) is 9.97. The Labute approximate surface area is 88.1 Å². The van der Waals surface area contributed by atoms with Crippen LogP contribution in [0.1, 0.15) is 18.5 Å². The SMILES string of the molecule is CC(NC1CSC1)c1cccc(F)c1. The van der Waals surface area contributed by atoms with Gasteiger partial charge in [-0.15, -0.1) is 0 Å². The third kappa shape index (κ3) is 2.28. The molecule has 1 aromatic rings. The van der Waals surface area contributed by atoms with E-state index in [1.807, 2.05) is 17.8 Å². The zero-order valence-corrected chi connectivity index (χ0v) is 8.98. The summed E-state index contributed by atoms with van der Waals surface area (Å²) in [5, 5.41) is 3.47. The van der Waals surface area contributed by atoms with Crippen molar-refractivity contribution in [3.8, 4) is 0 Å². The second-order valence-corrected chi connectivity index (χ2v) is 4.75. The van der Waals surface area contributed by atoms with Crippen molar-refractivity contribution in [1.82, 2.24) is 5.32 Å². The summed E-state index contributed by atoms with van der Waals surface area (Å²) in [6, 6.07) is 7.67. The van der Waals surface area contributed by atoms with Gasteiger partial charge in [0.15, 0.2) is 0 Å². The van der Waals surface area contributed by atoms with E-state index in [2.05, 4.69) is 12.2 Å².